The number of hydrogen-bond acceptors (Lipinski definition) is 8. The van der Waals surface area contributed by atoms with Gasteiger partial charge in [-0.3, -0.25) is 0 Å². The van der Waals surface area contributed by atoms with E-state index < -0.39 is 11.8 Å². The van der Waals surface area contributed by atoms with Gasteiger partial charge in [0.05, 0.1) is 0 Å². The van der Waals surface area contributed by atoms with Crippen molar-refractivity contribution in [2.24, 2.45) is 0 Å². The number of hydrogen-bond donors (Lipinski definition) is 2. The monoisotopic (exact) mass is 383 g/mol. The number of carbonyl (C=O) groups is 1. The maximum absolute atomic E-state index is 12.8. The van der Waals surface area contributed by atoms with Crippen molar-refractivity contribution in [3.63, 3.8) is 0 Å². The van der Waals surface area contributed by atoms with Crippen molar-refractivity contribution in [2.75, 3.05) is 17.7 Å². The Morgan fingerprint density at radius 1 is 1.11 bits per heavy atom. The van der Waals surface area contributed by atoms with Gasteiger partial charge < -0.3 is 20.5 Å². The largest absolute Gasteiger partial charge is 0.482 e. The Bertz CT molecular complexity index is 966. The van der Waals surface area contributed by atoms with Crippen molar-refractivity contribution in [1.82, 2.24) is 15.0 Å². The lowest BCUT2D eigenvalue weighted by Crippen LogP contribution is -2.16. The predicted molar refractivity (Wildman–Crippen MR) is 100 cm³/mol. The van der Waals surface area contributed by atoms with Crippen molar-refractivity contribution in [1.29, 1.82) is 0 Å². The highest BCUT2D eigenvalue weighted by Crippen LogP contribution is 2.18. The number of nitrogens with one attached hydrogen (secondary N) is 1. The number of nitrogen functional groups attached to an aromatic ring is 1. The van der Waals surface area contributed by atoms with E-state index in [4.69, 9.17) is 15.2 Å². The lowest BCUT2D eigenvalue weighted by atomic mass is 10.2. The number of halogens is 1. The molecule has 1 heterocycles. The third kappa shape index (κ3) is 5.37. The molecule has 0 bridgehead atoms. The van der Waals surface area contributed by atoms with Crippen LogP contribution in [-0.2, 0) is 16.1 Å². The Kier molecular flexibility index (Phi) is 5.95. The van der Waals surface area contributed by atoms with Crippen LogP contribution in [0.15, 0.2) is 48.5 Å². The number of rotatable bonds is 7. The van der Waals surface area contributed by atoms with E-state index in [0.717, 1.165) is 11.3 Å². The number of aryl methyl sites for hydroxylation is 1. The van der Waals surface area contributed by atoms with Gasteiger partial charge in [0.25, 0.3) is 0 Å². The number of anilines is 3. The van der Waals surface area contributed by atoms with Crippen LogP contribution in [0.1, 0.15) is 11.4 Å². The van der Waals surface area contributed by atoms with Gasteiger partial charge in [0.1, 0.15) is 11.6 Å². The first-order valence-corrected chi connectivity index (χ1v) is 8.36. The first kappa shape index (κ1) is 19.0. The molecule has 0 aliphatic heterocycles. The van der Waals surface area contributed by atoms with Crippen LogP contribution in [0.5, 0.6) is 5.75 Å². The summed E-state index contributed by atoms with van der Waals surface area (Å²) in [5.74, 6) is -0.226. The van der Waals surface area contributed by atoms with Crippen LogP contribution in [0.25, 0.3) is 0 Å². The SMILES string of the molecule is Cc1ccccc1Nc1nc(N)nc(COC(=O)COc2ccc(F)cc2)n1. The normalized spacial score (nSPS) is 10.4. The molecule has 2 aromatic carbocycles. The van der Waals surface area contributed by atoms with E-state index in [9.17, 15) is 9.18 Å². The Morgan fingerprint density at radius 3 is 2.61 bits per heavy atom. The van der Waals surface area contributed by atoms with E-state index >= 15 is 0 Å². The van der Waals surface area contributed by atoms with E-state index in [0.29, 0.717) is 5.75 Å². The molecule has 0 unspecified atom stereocenters. The zero-order valence-electron chi connectivity index (χ0n) is 15.1. The van der Waals surface area contributed by atoms with Crippen LogP contribution in [0, 0.1) is 12.7 Å². The zero-order valence-corrected chi connectivity index (χ0v) is 15.1. The van der Waals surface area contributed by atoms with Crippen molar-refractivity contribution >= 4 is 23.6 Å². The van der Waals surface area contributed by atoms with Gasteiger partial charge in [0.2, 0.25) is 11.9 Å². The molecule has 0 radical (unpaired) electrons. The highest BCUT2D eigenvalue weighted by molar-refractivity contribution is 5.71. The molecule has 0 amide bonds. The molecule has 0 aliphatic carbocycles. The molecule has 1 aromatic heterocycles. The standard InChI is InChI=1S/C19H18FN5O3/c1-12-4-2-3-5-15(12)22-19-24-16(23-18(21)25-19)10-28-17(26)11-27-14-8-6-13(20)7-9-14/h2-9H,10-11H2,1H3,(H3,21,22,23,24,25). The topological polar surface area (TPSA) is 112 Å². The fraction of sp³-hybridized carbons (Fsp3) is 0.158. The highest BCUT2D eigenvalue weighted by Gasteiger charge is 2.10. The maximum atomic E-state index is 12.8. The molecule has 3 rings (SSSR count). The molecule has 3 N–H and O–H groups in total. The molecule has 0 spiro atoms. The minimum atomic E-state index is -0.628. The summed E-state index contributed by atoms with van der Waals surface area (Å²) in [4.78, 5) is 24.0. The van der Waals surface area contributed by atoms with E-state index in [1.807, 2.05) is 31.2 Å². The molecule has 0 saturated carbocycles. The van der Waals surface area contributed by atoms with Gasteiger partial charge in [0, 0.05) is 5.69 Å². The molecule has 0 aliphatic rings. The summed E-state index contributed by atoms with van der Waals surface area (Å²) in [5, 5.41) is 3.05. The van der Waals surface area contributed by atoms with Gasteiger partial charge in [-0.25, -0.2) is 9.18 Å². The van der Waals surface area contributed by atoms with Crippen molar-refractivity contribution in [2.45, 2.75) is 13.5 Å². The average molecular weight is 383 g/mol. The van der Waals surface area contributed by atoms with Crippen molar-refractivity contribution in [3.05, 3.63) is 65.7 Å². The van der Waals surface area contributed by atoms with Gasteiger partial charge in [-0.05, 0) is 42.8 Å². The van der Waals surface area contributed by atoms with Gasteiger partial charge >= 0.3 is 5.97 Å². The third-order valence-electron chi connectivity index (χ3n) is 3.62. The number of aromatic nitrogens is 3. The molecule has 9 heteroatoms. The molecule has 28 heavy (non-hydrogen) atoms. The molecule has 3 aromatic rings. The summed E-state index contributed by atoms with van der Waals surface area (Å²) < 4.78 is 23.1. The Labute approximate surface area is 160 Å². The maximum Gasteiger partial charge on any atom is 0.344 e. The number of esters is 1. The summed E-state index contributed by atoms with van der Waals surface area (Å²) in [6.07, 6.45) is 0. The second-order valence-corrected chi connectivity index (χ2v) is 5.78. The van der Waals surface area contributed by atoms with Crippen LogP contribution in [0.2, 0.25) is 0 Å². The van der Waals surface area contributed by atoms with Crippen molar-refractivity contribution < 1.29 is 18.7 Å². The quantitative estimate of drug-likeness (QED) is 0.599. The fourth-order valence-corrected chi connectivity index (χ4v) is 2.25. The molecule has 8 nitrogen and oxygen atoms in total. The summed E-state index contributed by atoms with van der Waals surface area (Å²) in [6.45, 7) is 1.41. The highest BCUT2D eigenvalue weighted by atomic mass is 19.1. The predicted octanol–water partition coefficient (Wildman–Crippen LogP) is 2.77. The lowest BCUT2D eigenvalue weighted by molar-refractivity contribution is -0.147. The van der Waals surface area contributed by atoms with Crippen LogP contribution in [0.3, 0.4) is 0 Å². The van der Waals surface area contributed by atoms with Gasteiger partial charge in [-0.2, -0.15) is 15.0 Å². The van der Waals surface area contributed by atoms with Crippen LogP contribution >= 0.6 is 0 Å². The van der Waals surface area contributed by atoms with E-state index in [2.05, 4.69) is 20.3 Å². The number of ether oxygens (including phenoxy) is 2. The summed E-state index contributed by atoms with van der Waals surface area (Å²) in [6, 6.07) is 12.9. The van der Waals surface area contributed by atoms with Gasteiger partial charge in [0.15, 0.2) is 19.0 Å². The lowest BCUT2D eigenvalue weighted by Gasteiger charge is -2.10. The first-order chi connectivity index (χ1) is 13.5. The Hall–Kier alpha value is -3.75. The molecule has 0 fully saturated rings. The second kappa shape index (κ2) is 8.76. The summed E-state index contributed by atoms with van der Waals surface area (Å²) in [5.41, 5.74) is 7.54. The van der Waals surface area contributed by atoms with E-state index in [1.54, 1.807) is 0 Å². The Balaban J connectivity index is 1.56. The minimum Gasteiger partial charge on any atom is -0.482 e. The van der Waals surface area contributed by atoms with E-state index in [1.165, 1.54) is 24.3 Å². The summed E-state index contributed by atoms with van der Waals surface area (Å²) >= 11 is 0. The number of benzene rings is 2. The number of carbonyl (C=O) groups excluding carboxylic acids is 1. The minimum absolute atomic E-state index is 0.000282. The van der Waals surface area contributed by atoms with Gasteiger partial charge in [-0.1, -0.05) is 18.2 Å². The molecule has 0 saturated heterocycles. The van der Waals surface area contributed by atoms with Crippen LogP contribution in [0.4, 0.5) is 22.0 Å². The fourth-order valence-electron chi connectivity index (χ4n) is 2.25. The molecule has 0 atom stereocenters. The smallest absolute Gasteiger partial charge is 0.344 e. The average Bonchev–Trinajstić information content (AvgIpc) is 2.67. The molecular weight excluding hydrogens is 365 g/mol. The number of nitrogens with two attached hydrogens (primary N) is 1. The van der Waals surface area contributed by atoms with Crippen LogP contribution in [-0.4, -0.2) is 27.5 Å². The summed E-state index contributed by atoms with van der Waals surface area (Å²) in [7, 11) is 0. The molecular formula is C19H18FN5O3. The number of para-hydroxylation sites is 1. The second-order valence-electron chi connectivity index (χ2n) is 5.78. The third-order valence-corrected chi connectivity index (χ3v) is 3.62. The molecule has 144 valence electrons. The van der Waals surface area contributed by atoms with Crippen molar-refractivity contribution in [3.8, 4) is 5.75 Å². The van der Waals surface area contributed by atoms with E-state index in [-0.39, 0.29) is 30.9 Å². The number of nitrogens with zero attached hydrogens (tertiary/aromatic N) is 3. The van der Waals surface area contributed by atoms with Crippen LogP contribution < -0.4 is 15.8 Å². The van der Waals surface area contributed by atoms with Gasteiger partial charge in [-0.15, -0.1) is 0 Å². The zero-order chi connectivity index (χ0) is 19.9. The Morgan fingerprint density at radius 2 is 1.86 bits per heavy atom. The first-order valence-electron chi connectivity index (χ1n) is 8.36.